The van der Waals surface area contributed by atoms with E-state index in [1.54, 1.807) is 23.1 Å². The molecule has 0 saturated heterocycles. The summed E-state index contributed by atoms with van der Waals surface area (Å²) in [5.74, 6) is 0.264. The summed E-state index contributed by atoms with van der Waals surface area (Å²) in [5.41, 5.74) is 4.73. The summed E-state index contributed by atoms with van der Waals surface area (Å²) in [6, 6.07) is 11.3. The van der Waals surface area contributed by atoms with E-state index in [-0.39, 0.29) is 5.97 Å². The lowest BCUT2D eigenvalue weighted by atomic mass is 10.1. The molecule has 0 aliphatic carbocycles. The number of aromatic nitrogens is 3. The first kappa shape index (κ1) is 15.9. The van der Waals surface area contributed by atoms with Gasteiger partial charge < -0.3 is 4.74 Å². The highest BCUT2D eigenvalue weighted by Crippen LogP contribution is 2.24. The van der Waals surface area contributed by atoms with Gasteiger partial charge in [0.2, 0.25) is 0 Å². The van der Waals surface area contributed by atoms with E-state index in [9.17, 15) is 4.79 Å². The molecule has 0 radical (unpaired) electrons. The molecule has 1 heterocycles. The molecular weight excluding hydrogens is 302 g/mol. The number of aryl methyl sites for hydroxylation is 2. The maximum absolute atomic E-state index is 12.4. The molecule has 0 bridgehead atoms. The van der Waals surface area contributed by atoms with Crippen LogP contribution in [-0.2, 0) is 6.54 Å². The third kappa shape index (κ3) is 3.51. The summed E-state index contributed by atoms with van der Waals surface area (Å²) in [6.07, 6.45) is 3.16. The van der Waals surface area contributed by atoms with Crippen molar-refractivity contribution < 1.29 is 9.53 Å². The molecule has 3 aromatic rings. The first-order chi connectivity index (χ1) is 11.5. The second kappa shape index (κ2) is 6.66. The van der Waals surface area contributed by atoms with Gasteiger partial charge in [0, 0.05) is 0 Å². The summed E-state index contributed by atoms with van der Waals surface area (Å²) in [4.78, 5) is 16.3. The fraction of sp³-hybridized carbons (Fsp3) is 0.211. The molecule has 5 nitrogen and oxygen atoms in total. The smallest absolute Gasteiger partial charge is 0.343 e. The summed E-state index contributed by atoms with van der Waals surface area (Å²) < 4.78 is 7.30. The molecule has 0 fully saturated rings. The Kier molecular flexibility index (Phi) is 4.42. The first-order valence-electron chi connectivity index (χ1n) is 7.74. The number of benzene rings is 2. The van der Waals surface area contributed by atoms with Gasteiger partial charge in [0.15, 0.2) is 0 Å². The number of rotatable bonds is 4. The number of esters is 1. The summed E-state index contributed by atoms with van der Waals surface area (Å²) in [6.45, 7) is 6.57. The number of hydrogen-bond acceptors (Lipinski definition) is 4. The van der Waals surface area contributed by atoms with E-state index in [4.69, 9.17) is 4.74 Å². The molecule has 1 aromatic heterocycles. The molecule has 0 aliphatic heterocycles. The molecule has 5 heteroatoms. The molecule has 0 saturated carbocycles. The fourth-order valence-electron chi connectivity index (χ4n) is 2.51. The Morgan fingerprint density at radius 1 is 1.12 bits per heavy atom. The molecule has 2 aromatic carbocycles. The highest BCUT2D eigenvalue weighted by atomic mass is 16.5. The van der Waals surface area contributed by atoms with Crippen LogP contribution in [0.2, 0.25) is 0 Å². The highest BCUT2D eigenvalue weighted by molar-refractivity contribution is 5.91. The molecule has 0 atom stereocenters. The van der Waals surface area contributed by atoms with Gasteiger partial charge in [-0.2, -0.15) is 5.10 Å². The fourth-order valence-corrected chi connectivity index (χ4v) is 2.51. The standard InChI is InChI=1S/C19H19N3O2/c1-13-8-14(2)15(3)18(9-13)24-19(23)17-6-4-16(5-7-17)10-22-12-20-11-21-22/h4-9,11-12H,10H2,1-3H3. The predicted octanol–water partition coefficient (Wildman–Crippen LogP) is 3.47. The van der Waals surface area contributed by atoms with Crippen LogP contribution in [0.4, 0.5) is 0 Å². The molecule has 0 spiro atoms. The predicted molar refractivity (Wildman–Crippen MR) is 91.2 cm³/mol. The van der Waals surface area contributed by atoms with Gasteiger partial charge in [-0.1, -0.05) is 18.2 Å². The molecule has 0 amide bonds. The van der Waals surface area contributed by atoms with E-state index in [0.29, 0.717) is 17.9 Å². The monoisotopic (exact) mass is 321 g/mol. The van der Waals surface area contributed by atoms with Crippen LogP contribution in [0.1, 0.15) is 32.6 Å². The number of hydrogen-bond donors (Lipinski definition) is 0. The number of carbonyl (C=O) groups is 1. The lowest BCUT2D eigenvalue weighted by Gasteiger charge is -2.11. The largest absolute Gasteiger partial charge is 0.423 e. The molecule has 0 unspecified atom stereocenters. The Labute approximate surface area is 140 Å². The van der Waals surface area contributed by atoms with Crippen LogP contribution in [0.15, 0.2) is 49.1 Å². The van der Waals surface area contributed by atoms with Crippen molar-refractivity contribution >= 4 is 5.97 Å². The van der Waals surface area contributed by atoms with Gasteiger partial charge in [-0.05, 0) is 61.2 Å². The van der Waals surface area contributed by atoms with Crippen LogP contribution in [0, 0.1) is 20.8 Å². The zero-order chi connectivity index (χ0) is 17.1. The van der Waals surface area contributed by atoms with Crippen molar-refractivity contribution in [2.75, 3.05) is 0 Å². The van der Waals surface area contributed by atoms with Crippen LogP contribution in [0.25, 0.3) is 0 Å². The third-order valence-electron chi connectivity index (χ3n) is 3.97. The van der Waals surface area contributed by atoms with E-state index >= 15 is 0 Å². The van der Waals surface area contributed by atoms with Crippen molar-refractivity contribution in [3.05, 3.63) is 76.9 Å². The van der Waals surface area contributed by atoms with Gasteiger partial charge in [-0.3, -0.25) is 0 Å². The highest BCUT2D eigenvalue weighted by Gasteiger charge is 2.12. The summed E-state index contributed by atoms with van der Waals surface area (Å²) in [7, 11) is 0. The lowest BCUT2D eigenvalue weighted by molar-refractivity contribution is 0.0733. The summed E-state index contributed by atoms with van der Waals surface area (Å²) in [5, 5.41) is 4.06. The number of carbonyl (C=O) groups excluding carboxylic acids is 1. The molecule has 0 aliphatic rings. The maximum atomic E-state index is 12.4. The second-order valence-electron chi connectivity index (χ2n) is 5.88. The molecule has 3 rings (SSSR count). The van der Waals surface area contributed by atoms with Crippen LogP contribution < -0.4 is 4.74 Å². The van der Waals surface area contributed by atoms with Crippen LogP contribution in [0.3, 0.4) is 0 Å². The van der Waals surface area contributed by atoms with E-state index in [0.717, 1.165) is 22.3 Å². The Balaban J connectivity index is 1.74. The van der Waals surface area contributed by atoms with Gasteiger partial charge in [-0.15, -0.1) is 0 Å². The van der Waals surface area contributed by atoms with Crippen molar-refractivity contribution in [1.82, 2.24) is 14.8 Å². The van der Waals surface area contributed by atoms with Gasteiger partial charge in [0.05, 0.1) is 12.1 Å². The third-order valence-corrected chi connectivity index (χ3v) is 3.97. The van der Waals surface area contributed by atoms with Crippen LogP contribution in [0.5, 0.6) is 5.75 Å². The minimum absolute atomic E-state index is 0.351. The molecular formula is C19H19N3O2. The van der Waals surface area contributed by atoms with E-state index in [2.05, 4.69) is 16.1 Å². The van der Waals surface area contributed by atoms with Crippen molar-refractivity contribution in [3.8, 4) is 5.75 Å². The van der Waals surface area contributed by atoms with Crippen molar-refractivity contribution in [2.45, 2.75) is 27.3 Å². The van der Waals surface area contributed by atoms with E-state index in [1.165, 1.54) is 6.33 Å². The topological polar surface area (TPSA) is 57.0 Å². The first-order valence-corrected chi connectivity index (χ1v) is 7.74. The molecule has 122 valence electrons. The van der Waals surface area contributed by atoms with Crippen LogP contribution >= 0.6 is 0 Å². The minimum Gasteiger partial charge on any atom is -0.423 e. The van der Waals surface area contributed by atoms with Gasteiger partial charge in [0.25, 0.3) is 0 Å². The minimum atomic E-state index is -0.351. The average Bonchev–Trinajstić information content (AvgIpc) is 3.05. The lowest BCUT2D eigenvalue weighted by Crippen LogP contribution is -2.10. The Bertz CT molecular complexity index is 853. The molecule has 24 heavy (non-hydrogen) atoms. The van der Waals surface area contributed by atoms with Crippen LogP contribution in [-0.4, -0.2) is 20.7 Å². The Morgan fingerprint density at radius 2 is 1.88 bits per heavy atom. The van der Waals surface area contributed by atoms with Crippen molar-refractivity contribution in [2.24, 2.45) is 0 Å². The van der Waals surface area contributed by atoms with E-state index in [1.807, 2.05) is 39.0 Å². The quantitative estimate of drug-likeness (QED) is 0.545. The van der Waals surface area contributed by atoms with Crippen molar-refractivity contribution in [3.63, 3.8) is 0 Å². The van der Waals surface area contributed by atoms with E-state index < -0.39 is 0 Å². The zero-order valence-corrected chi connectivity index (χ0v) is 14.0. The number of nitrogens with zero attached hydrogens (tertiary/aromatic N) is 3. The zero-order valence-electron chi connectivity index (χ0n) is 14.0. The molecule has 0 N–H and O–H groups in total. The van der Waals surface area contributed by atoms with Crippen molar-refractivity contribution in [1.29, 1.82) is 0 Å². The summed E-state index contributed by atoms with van der Waals surface area (Å²) >= 11 is 0. The second-order valence-corrected chi connectivity index (χ2v) is 5.88. The normalized spacial score (nSPS) is 10.6. The van der Waals surface area contributed by atoms with Gasteiger partial charge >= 0.3 is 5.97 Å². The van der Waals surface area contributed by atoms with Gasteiger partial charge in [0.1, 0.15) is 18.4 Å². The Morgan fingerprint density at radius 3 is 2.54 bits per heavy atom. The maximum Gasteiger partial charge on any atom is 0.343 e. The Hall–Kier alpha value is -2.95. The average molecular weight is 321 g/mol. The van der Waals surface area contributed by atoms with Gasteiger partial charge in [-0.25, -0.2) is 14.5 Å². The SMILES string of the molecule is Cc1cc(C)c(C)c(OC(=O)c2ccc(Cn3cncn3)cc2)c1. The number of ether oxygens (including phenoxy) is 1.